The molecule has 1 atom stereocenters. The molecule has 0 bridgehead atoms. The fourth-order valence-corrected chi connectivity index (χ4v) is 4.42. The Bertz CT molecular complexity index is 1410. The number of aromatic nitrogens is 1. The van der Waals surface area contributed by atoms with Crippen LogP contribution in [-0.2, 0) is 6.54 Å². The smallest absolute Gasteiger partial charge is 0.259 e. The van der Waals surface area contributed by atoms with E-state index in [4.69, 9.17) is 24.7 Å². The van der Waals surface area contributed by atoms with Crippen LogP contribution in [-0.4, -0.2) is 25.9 Å². The number of hydrogen-bond donors (Lipinski definition) is 1. The number of rotatable bonds is 6. The molecule has 1 unspecified atom stereocenters. The highest BCUT2D eigenvalue weighted by Gasteiger charge is 2.37. The van der Waals surface area contributed by atoms with Gasteiger partial charge in [-0.2, -0.15) is 5.26 Å². The molecular formula is C27H27N3O5. The second kappa shape index (κ2) is 9.47. The lowest BCUT2D eigenvalue weighted by atomic mass is 9.83. The Morgan fingerprint density at radius 3 is 2.31 bits per heavy atom. The van der Waals surface area contributed by atoms with E-state index in [1.54, 1.807) is 22.8 Å². The van der Waals surface area contributed by atoms with Gasteiger partial charge < -0.3 is 29.2 Å². The predicted octanol–water partition coefficient (Wildman–Crippen LogP) is 3.76. The van der Waals surface area contributed by atoms with Gasteiger partial charge in [0.1, 0.15) is 17.4 Å². The van der Waals surface area contributed by atoms with E-state index in [1.165, 1.54) is 21.3 Å². The molecule has 0 amide bonds. The van der Waals surface area contributed by atoms with E-state index >= 15 is 0 Å². The first-order valence-electron chi connectivity index (χ1n) is 11.0. The van der Waals surface area contributed by atoms with Crippen LogP contribution in [0.1, 0.15) is 33.9 Å². The van der Waals surface area contributed by atoms with Crippen molar-refractivity contribution in [3.63, 3.8) is 0 Å². The number of benzene rings is 2. The normalized spacial score (nSPS) is 14.6. The lowest BCUT2D eigenvalue weighted by molar-refractivity contribution is 0.321. The van der Waals surface area contributed by atoms with E-state index in [-0.39, 0.29) is 17.0 Å². The Balaban J connectivity index is 1.98. The average Bonchev–Trinajstić information content (AvgIpc) is 2.85. The van der Waals surface area contributed by atoms with Gasteiger partial charge in [0.25, 0.3) is 5.56 Å². The van der Waals surface area contributed by atoms with E-state index in [2.05, 4.69) is 6.07 Å². The van der Waals surface area contributed by atoms with E-state index in [0.717, 1.165) is 11.1 Å². The number of ether oxygens (including phenoxy) is 4. The van der Waals surface area contributed by atoms with Crippen molar-refractivity contribution in [2.45, 2.75) is 26.3 Å². The van der Waals surface area contributed by atoms with Crippen LogP contribution in [0.5, 0.6) is 23.0 Å². The molecule has 1 aliphatic rings. The molecule has 8 heteroatoms. The minimum absolute atomic E-state index is 0.0584. The highest BCUT2D eigenvalue weighted by molar-refractivity contribution is 5.64. The van der Waals surface area contributed by atoms with Gasteiger partial charge in [0, 0.05) is 17.3 Å². The molecule has 0 saturated heterocycles. The van der Waals surface area contributed by atoms with Crippen LogP contribution in [0.2, 0.25) is 0 Å². The zero-order chi connectivity index (χ0) is 25.3. The van der Waals surface area contributed by atoms with Crippen molar-refractivity contribution < 1.29 is 18.9 Å². The number of fused-ring (bicyclic) bond motifs is 1. The van der Waals surface area contributed by atoms with Gasteiger partial charge in [-0.15, -0.1) is 0 Å². The molecule has 2 N–H and O–H groups in total. The van der Waals surface area contributed by atoms with Crippen LogP contribution < -0.4 is 30.2 Å². The summed E-state index contributed by atoms with van der Waals surface area (Å²) >= 11 is 0. The van der Waals surface area contributed by atoms with Gasteiger partial charge in [0.2, 0.25) is 11.6 Å². The topological polar surface area (TPSA) is 109 Å². The molecule has 4 rings (SSSR count). The van der Waals surface area contributed by atoms with Crippen LogP contribution in [0.4, 0.5) is 0 Å². The molecule has 0 fully saturated rings. The summed E-state index contributed by atoms with van der Waals surface area (Å²) in [6.45, 7) is 4.22. The Kier molecular flexibility index (Phi) is 6.43. The largest absolute Gasteiger partial charge is 0.493 e. The summed E-state index contributed by atoms with van der Waals surface area (Å²) in [6.07, 6.45) is 0. The molecule has 0 saturated carbocycles. The van der Waals surface area contributed by atoms with Crippen molar-refractivity contribution in [1.29, 1.82) is 5.26 Å². The fraction of sp³-hybridized carbons (Fsp3) is 0.259. The van der Waals surface area contributed by atoms with Gasteiger partial charge in [0.05, 0.1) is 39.4 Å². The summed E-state index contributed by atoms with van der Waals surface area (Å²) in [6, 6.07) is 15.3. The molecule has 8 nitrogen and oxygen atoms in total. The highest BCUT2D eigenvalue weighted by atomic mass is 16.5. The van der Waals surface area contributed by atoms with E-state index in [9.17, 15) is 10.1 Å². The number of methoxy groups -OCH3 is 3. The van der Waals surface area contributed by atoms with Crippen molar-refractivity contribution in [3.05, 3.63) is 92.2 Å². The summed E-state index contributed by atoms with van der Waals surface area (Å²) in [5, 5.41) is 10.0. The van der Waals surface area contributed by atoms with Crippen molar-refractivity contribution >= 4 is 0 Å². The Morgan fingerprint density at radius 1 is 1.03 bits per heavy atom. The molecule has 180 valence electrons. The molecule has 0 radical (unpaired) electrons. The predicted molar refractivity (Wildman–Crippen MR) is 131 cm³/mol. The Labute approximate surface area is 203 Å². The summed E-state index contributed by atoms with van der Waals surface area (Å²) < 4.78 is 24.1. The lowest BCUT2D eigenvalue weighted by Gasteiger charge is -2.29. The Hall–Kier alpha value is -4.38. The summed E-state index contributed by atoms with van der Waals surface area (Å²) in [5.74, 6) is 0.578. The number of nitriles is 1. The van der Waals surface area contributed by atoms with E-state index < -0.39 is 5.92 Å². The fourth-order valence-electron chi connectivity index (χ4n) is 4.42. The summed E-state index contributed by atoms with van der Waals surface area (Å²) in [5.41, 5.74) is 9.66. The molecule has 2 heterocycles. The average molecular weight is 474 g/mol. The second-order valence-corrected chi connectivity index (χ2v) is 8.29. The maximum absolute atomic E-state index is 13.9. The maximum atomic E-state index is 13.9. The quantitative estimate of drug-likeness (QED) is 0.581. The van der Waals surface area contributed by atoms with Gasteiger partial charge in [-0.1, -0.05) is 35.9 Å². The minimum Gasteiger partial charge on any atom is -0.493 e. The van der Waals surface area contributed by atoms with Gasteiger partial charge >= 0.3 is 0 Å². The summed E-state index contributed by atoms with van der Waals surface area (Å²) in [4.78, 5) is 13.9. The molecule has 3 aromatic rings. The van der Waals surface area contributed by atoms with Crippen LogP contribution >= 0.6 is 0 Å². The van der Waals surface area contributed by atoms with Gasteiger partial charge in [-0.25, -0.2) is 0 Å². The maximum Gasteiger partial charge on any atom is 0.259 e. The zero-order valence-electron chi connectivity index (χ0n) is 20.3. The van der Waals surface area contributed by atoms with Crippen molar-refractivity contribution in [1.82, 2.24) is 4.57 Å². The minimum atomic E-state index is -0.823. The van der Waals surface area contributed by atoms with Crippen LogP contribution in [0.15, 0.2) is 58.7 Å². The lowest BCUT2D eigenvalue weighted by Crippen LogP contribution is -2.33. The van der Waals surface area contributed by atoms with E-state index in [1.807, 2.05) is 38.1 Å². The first-order chi connectivity index (χ1) is 16.8. The van der Waals surface area contributed by atoms with Crippen LogP contribution in [0.25, 0.3) is 0 Å². The monoisotopic (exact) mass is 473 g/mol. The third kappa shape index (κ3) is 4.06. The third-order valence-electron chi connectivity index (χ3n) is 6.20. The van der Waals surface area contributed by atoms with Crippen LogP contribution in [0, 0.1) is 25.2 Å². The number of allylic oxidation sites excluding steroid dienone is 1. The number of hydrogen-bond acceptors (Lipinski definition) is 7. The molecule has 0 spiro atoms. The van der Waals surface area contributed by atoms with Gasteiger partial charge in [-0.3, -0.25) is 4.79 Å². The first kappa shape index (κ1) is 23.8. The Morgan fingerprint density at radius 2 is 1.71 bits per heavy atom. The summed E-state index contributed by atoms with van der Waals surface area (Å²) in [7, 11) is 4.51. The number of nitrogens with zero attached hydrogens (tertiary/aromatic N) is 2. The highest BCUT2D eigenvalue weighted by Crippen LogP contribution is 2.49. The number of nitrogens with two attached hydrogens (primary N) is 1. The van der Waals surface area contributed by atoms with Crippen molar-refractivity contribution in [2.75, 3.05) is 21.3 Å². The number of pyridine rings is 1. The second-order valence-electron chi connectivity index (χ2n) is 8.29. The molecular weight excluding hydrogens is 446 g/mol. The van der Waals surface area contributed by atoms with Gasteiger partial charge in [0.15, 0.2) is 11.5 Å². The van der Waals surface area contributed by atoms with Gasteiger partial charge in [-0.05, 0) is 25.5 Å². The molecule has 0 aliphatic carbocycles. The number of aryl methyl sites for hydroxylation is 2. The molecule has 1 aromatic heterocycles. The molecule has 35 heavy (non-hydrogen) atoms. The van der Waals surface area contributed by atoms with Crippen LogP contribution in [0.3, 0.4) is 0 Å². The third-order valence-corrected chi connectivity index (χ3v) is 6.20. The SMILES string of the molecule is COc1ccc(C2C(C#N)=C(N)Oc3cc(C)n(Cc4ccc(C)cc4)c(=O)c32)c(OC)c1OC. The van der Waals surface area contributed by atoms with Crippen molar-refractivity contribution in [3.8, 4) is 29.1 Å². The zero-order valence-corrected chi connectivity index (χ0v) is 20.3. The van der Waals surface area contributed by atoms with E-state index in [0.29, 0.717) is 46.4 Å². The standard InChI is InChI=1S/C27H27N3O5/c1-15-6-8-17(9-7-15)14-30-16(2)12-21-23(27(30)31)22(19(13-28)26(29)35-21)18-10-11-20(32-3)25(34-5)24(18)33-4/h6-12,22H,14,29H2,1-5H3. The first-order valence-corrected chi connectivity index (χ1v) is 11.0. The molecule has 1 aliphatic heterocycles. The molecule has 2 aromatic carbocycles. The van der Waals surface area contributed by atoms with Crippen molar-refractivity contribution in [2.24, 2.45) is 5.73 Å².